The number of morpholine rings is 1. The number of halogens is 1. The van der Waals surface area contributed by atoms with Crippen molar-refractivity contribution in [3.63, 3.8) is 0 Å². The molecule has 0 aliphatic carbocycles. The molecule has 1 fully saturated rings. The SMILES string of the molecule is COc1ccc([C@H](C)N(C(=O)CN2CCOCC2)[C@@H](c2ccccc2)c2cc3cc(Br)ccc3nc2OC)cc1. The van der Waals surface area contributed by atoms with Crippen LogP contribution in [0.5, 0.6) is 11.6 Å². The van der Waals surface area contributed by atoms with E-state index in [1.54, 1.807) is 14.2 Å². The predicted octanol–water partition coefficient (Wildman–Crippen LogP) is 6.03. The number of aromatic nitrogens is 1. The predicted molar refractivity (Wildman–Crippen MR) is 160 cm³/mol. The average molecular weight is 605 g/mol. The highest BCUT2D eigenvalue weighted by molar-refractivity contribution is 9.10. The molecule has 0 bridgehead atoms. The van der Waals surface area contributed by atoms with Gasteiger partial charge in [-0.25, -0.2) is 4.98 Å². The van der Waals surface area contributed by atoms with Gasteiger partial charge >= 0.3 is 0 Å². The lowest BCUT2D eigenvalue weighted by molar-refractivity contribution is -0.137. The number of fused-ring (bicyclic) bond motifs is 1. The number of nitrogens with zero attached hydrogens (tertiary/aromatic N) is 3. The van der Waals surface area contributed by atoms with Gasteiger partial charge in [0.25, 0.3) is 0 Å². The number of ether oxygens (including phenoxy) is 3. The molecule has 4 aromatic rings. The monoisotopic (exact) mass is 603 g/mol. The van der Waals surface area contributed by atoms with Gasteiger partial charge in [0.1, 0.15) is 5.75 Å². The highest BCUT2D eigenvalue weighted by atomic mass is 79.9. The fourth-order valence-electron chi connectivity index (χ4n) is 5.29. The Balaban J connectivity index is 1.68. The molecule has 3 aromatic carbocycles. The quantitative estimate of drug-likeness (QED) is 0.233. The van der Waals surface area contributed by atoms with Crippen LogP contribution in [0.25, 0.3) is 10.9 Å². The van der Waals surface area contributed by atoms with Crippen molar-refractivity contribution < 1.29 is 19.0 Å². The van der Waals surface area contributed by atoms with Crippen LogP contribution in [0.2, 0.25) is 0 Å². The first-order valence-corrected chi connectivity index (χ1v) is 14.2. The topological polar surface area (TPSA) is 64.1 Å². The van der Waals surface area contributed by atoms with Crippen molar-refractivity contribution in [2.24, 2.45) is 0 Å². The first-order valence-electron chi connectivity index (χ1n) is 13.4. The largest absolute Gasteiger partial charge is 0.497 e. The van der Waals surface area contributed by atoms with Crippen LogP contribution in [-0.4, -0.2) is 67.8 Å². The van der Waals surface area contributed by atoms with Crippen molar-refractivity contribution in [2.75, 3.05) is 47.1 Å². The number of methoxy groups -OCH3 is 2. The number of hydrogen-bond donors (Lipinski definition) is 0. The molecule has 0 spiro atoms. The molecule has 0 unspecified atom stereocenters. The molecule has 1 aromatic heterocycles. The van der Waals surface area contributed by atoms with Crippen LogP contribution in [-0.2, 0) is 9.53 Å². The Kier molecular flexibility index (Phi) is 8.99. The lowest BCUT2D eigenvalue weighted by atomic mass is 9.93. The Hall–Kier alpha value is -3.46. The van der Waals surface area contributed by atoms with Gasteiger partial charge in [0.05, 0.1) is 51.6 Å². The number of carbonyl (C=O) groups excluding carboxylic acids is 1. The standard InChI is InChI=1S/C32H34BrN3O4/c1-22(23-9-12-27(38-2)13-10-23)36(30(37)21-35-15-17-40-18-16-35)31(24-7-5-4-6-8-24)28-20-25-19-26(33)11-14-29(25)34-32(28)39-3/h4-14,19-20,22,31H,15-18,21H2,1-3H3/t22-,31-/m0/s1. The summed E-state index contributed by atoms with van der Waals surface area (Å²) in [5, 5.41) is 0.962. The fourth-order valence-corrected chi connectivity index (χ4v) is 5.67. The first-order chi connectivity index (χ1) is 19.5. The van der Waals surface area contributed by atoms with E-state index in [0.717, 1.165) is 50.9 Å². The zero-order valence-electron chi connectivity index (χ0n) is 23.0. The molecular formula is C32H34BrN3O4. The smallest absolute Gasteiger partial charge is 0.238 e. The minimum absolute atomic E-state index is 0.0236. The number of benzene rings is 3. The Morgan fingerprint density at radius 1 is 0.975 bits per heavy atom. The molecule has 7 nitrogen and oxygen atoms in total. The molecule has 8 heteroatoms. The van der Waals surface area contributed by atoms with Crippen molar-refractivity contribution in [1.82, 2.24) is 14.8 Å². The molecule has 2 atom stereocenters. The van der Waals surface area contributed by atoms with E-state index in [-0.39, 0.29) is 11.9 Å². The van der Waals surface area contributed by atoms with Crippen LogP contribution in [0.15, 0.2) is 83.3 Å². The van der Waals surface area contributed by atoms with E-state index in [1.807, 2.05) is 65.6 Å². The van der Waals surface area contributed by atoms with Gasteiger partial charge in [-0.1, -0.05) is 58.4 Å². The van der Waals surface area contributed by atoms with Crippen LogP contribution in [0.4, 0.5) is 0 Å². The molecule has 1 amide bonds. The minimum Gasteiger partial charge on any atom is -0.497 e. The maximum Gasteiger partial charge on any atom is 0.238 e. The lowest BCUT2D eigenvalue weighted by Crippen LogP contribution is -2.47. The van der Waals surface area contributed by atoms with Crippen molar-refractivity contribution in [2.45, 2.75) is 19.0 Å². The summed E-state index contributed by atoms with van der Waals surface area (Å²) in [6, 6.07) is 25.4. The average Bonchev–Trinajstić information content (AvgIpc) is 2.99. The van der Waals surface area contributed by atoms with Crippen molar-refractivity contribution in [1.29, 1.82) is 0 Å². The summed E-state index contributed by atoms with van der Waals surface area (Å²) in [4.78, 5) is 23.4. The van der Waals surface area contributed by atoms with Gasteiger partial charge in [0.15, 0.2) is 0 Å². The van der Waals surface area contributed by atoms with Crippen LogP contribution < -0.4 is 9.47 Å². The number of carbonyl (C=O) groups is 1. The normalized spacial score (nSPS) is 15.4. The minimum atomic E-state index is -0.447. The van der Waals surface area contributed by atoms with E-state index in [2.05, 4.69) is 46.0 Å². The molecule has 2 heterocycles. The van der Waals surface area contributed by atoms with E-state index >= 15 is 0 Å². The van der Waals surface area contributed by atoms with Gasteiger partial charge in [-0.05, 0) is 54.4 Å². The van der Waals surface area contributed by atoms with Crippen LogP contribution in [0.1, 0.15) is 35.7 Å². The third-order valence-electron chi connectivity index (χ3n) is 7.42. The summed E-state index contributed by atoms with van der Waals surface area (Å²) in [6.07, 6.45) is 0. The summed E-state index contributed by atoms with van der Waals surface area (Å²) < 4.78 is 17.8. The van der Waals surface area contributed by atoms with Gasteiger partial charge in [-0.2, -0.15) is 0 Å². The van der Waals surface area contributed by atoms with Crippen molar-refractivity contribution in [3.8, 4) is 11.6 Å². The molecule has 208 valence electrons. The van der Waals surface area contributed by atoms with Gasteiger partial charge < -0.3 is 19.1 Å². The summed E-state index contributed by atoms with van der Waals surface area (Å²) in [5.74, 6) is 1.29. The van der Waals surface area contributed by atoms with E-state index < -0.39 is 6.04 Å². The number of hydrogen-bond acceptors (Lipinski definition) is 6. The van der Waals surface area contributed by atoms with E-state index in [1.165, 1.54) is 0 Å². The molecule has 0 N–H and O–H groups in total. The summed E-state index contributed by atoms with van der Waals surface area (Å²) in [6.45, 7) is 5.07. The molecule has 1 aliphatic rings. The highest BCUT2D eigenvalue weighted by Crippen LogP contribution is 2.40. The van der Waals surface area contributed by atoms with E-state index in [4.69, 9.17) is 19.2 Å². The Labute approximate surface area is 243 Å². The Bertz CT molecular complexity index is 1440. The number of amides is 1. The molecule has 40 heavy (non-hydrogen) atoms. The molecule has 1 aliphatic heterocycles. The Morgan fingerprint density at radius 2 is 1.70 bits per heavy atom. The van der Waals surface area contributed by atoms with Gasteiger partial charge in [0, 0.05) is 28.5 Å². The van der Waals surface area contributed by atoms with Crippen LogP contribution in [0, 0.1) is 0 Å². The highest BCUT2D eigenvalue weighted by Gasteiger charge is 2.35. The van der Waals surface area contributed by atoms with Gasteiger partial charge in [-0.3, -0.25) is 9.69 Å². The lowest BCUT2D eigenvalue weighted by Gasteiger charge is -2.39. The van der Waals surface area contributed by atoms with E-state index in [9.17, 15) is 4.79 Å². The molecular weight excluding hydrogens is 570 g/mol. The summed E-state index contributed by atoms with van der Waals surface area (Å²) in [5.41, 5.74) is 3.64. The summed E-state index contributed by atoms with van der Waals surface area (Å²) in [7, 11) is 3.28. The molecule has 5 rings (SSSR count). The fraction of sp³-hybridized carbons (Fsp3) is 0.312. The zero-order chi connectivity index (χ0) is 28.1. The Morgan fingerprint density at radius 3 is 2.38 bits per heavy atom. The second-order valence-corrected chi connectivity index (χ2v) is 10.8. The third kappa shape index (κ3) is 6.14. The zero-order valence-corrected chi connectivity index (χ0v) is 24.6. The number of pyridine rings is 1. The number of rotatable bonds is 9. The van der Waals surface area contributed by atoms with E-state index in [0.29, 0.717) is 25.6 Å². The maximum atomic E-state index is 14.4. The molecule has 0 radical (unpaired) electrons. The first kappa shape index (κ1) is 28.1. The summed E-state index contributed by atoms with van der Waals surface area (Å²) >= 11 is 3.60. The maximum absolute atomic E-state index is 14.4. The van der Waals surface area contributed by atoms with Crippen LogP contribution in [0.3, 0.4) is 0 Å². The second kappa shape index (κ2) is 12.8. The van der Waals surface area contributed by atoms with Crippen molar-refractivity contribution in [3.05, 3.63) is 100 Å². The molecule has 1 saturated heterocycles. The second-order valence-electron chi connectivity index (χ2n) is 9.88. The van der Waals surface area contributed by atoms with Gasteiger partial charge in [0.2, 0.25) is 11.8 Å². The third-order valence-corrected chi connectivity index (χ3v) is 7.91. The van der Waals surface area contributed by atoms with Crippen LogP contribution >= 0.6 is 15.9 Å². The van der Waals surface area contributed by atoms with Crippen molar-refractivity contribution >= 4 is 32.7 Å². The van der Waals surface area contributed by atoms with Gasteiger partial charge in [-0.15, -0.1) is 0 Å². The molecule has 0 saturated carbocycles.